The molecular weight excluding hydrogens is 316 g/mol. The summed E-state index contributed by atoms with van der Waals surface area (Å²) in [4.78, 5) is 1.90. The SMILES string of the molecule is Cc1occc1Sc1ccc(Br)cc1/C(N)=N/O. The number of hydrogen-bond donors (Lipinski definition) is 2. The molecule has 94 valence electrons. The van der Waals surface area contributed by atoms with E-state index in [-0.39, 0.29) is 5.84 Å². The zero-order valence-electron chi connectivity index (χ0n) is 9.55. The van der Waals surface area contributed by atoms with Crippen LogP contribution in [0.25, 0.3) is 0 Å². The van der Waals surface area contributed by atoms with E-state index in [4.69, 9.17) is 15.4 Å². The summed E-state index contributed by atoms with van der Waals surface area (Å²) in [7, 11) is 0. The Kier molecular flexibility index (Phi) is 3.98. The maximum Gasteiger partial charge on any atom is 0.171 e. The Bertz CT molecular complexity index is 596. The van der Waals surface area contributed by atoms with E-state index in [2.05, 4.69) is 21.1 Å². The summed E-state index contributed by atoms with van der Waals surface area (Å²) in [6.07, 6.45) is 1.64. The summed E-state index contributed by atoms with van der Waals surface area (Å²) in [5.74, 6) is 0.924. The highest BCUT2D eigenvalue weighted by molar-refractivity contribution is 9.10. The highest BCUT2D eigenvalue weighted by Gasteiger charge is 2.11. The number of benzene rings is 1. The van der Waals surface area contributed by atoms with Crippen LogP contribution in [0.5, 0.6) is 0 Å². The van der Waals surface area contributed by atoms with E-state index >= 15 is 0 Å². The summed E-state index contributed by atoms with van der Waals surface area (Å²) in [5.41, 5.74) is 6.35. The second kappa shape index (κ2) is 5.49. The van der Waals surface area contributed by atoms with Crippen molar-refractivity contribution in [3.05, 3.63) is 46.3 Å². The van der Waals surface area contributed by atoms with E-state index in [1.807, 2.05) is 31.2 Å². The molecule has 1 aromatic carbocycles. The molecule has 6 heteroatoms. The van der Waals surface area contributed by atoms with Crippen molar-refractivity contribution in [3.8, 4) is 0 Å². The molecule has 3 N–H and O–H groups in total. The van der Waals surface area contributed by atoms with E-state index in [1.54, 1.807) is 6.26 Å². The molecule has 1 aromatic heterocycles. The number of aryl methyl sites for hydroxylation is 1. The molecule has 0 saturated carbocycles. The predicted molar refractivity (Wildman–Crippen MR) is 74.2 cm³/mol. The molecule has 4 nitrogen and oxygen atoms in total. The number of amidine groups is 1. The van der Waals surface area contributed by atoms with Crippen molar-refractivity contribution in [1.29, 1.82) is 0 Å². The number of nitrogens with two attached hydrogens (primary N) is 1. The Morgan fingerprint density at radius 1 is 1.39 bits per heavy atom. The van der Waals surface area contributed by atoms with E-state index in [9.17, 15) is 0 Å². The van der Waals surface area contributed by atoms with Gasteiger partial charge in [-0.1, -0.05) is 32.8 Å². The van der Waals surface area contributed by atoms with Gasteiger partial charge < -0.3 is 15.4 Å². The molecule has 18 heavy (non-hydrogen) atoms. The number of halogens is 1. The van der Waals surface area contributed by atoms with Crippen LogP contribution in [0.2, 0.25) is 0 Å². The van der Waals surface area contributed by atoms with E-state index in [1.165, 1.54) is 11.8 Å². The van der Waals surface area contributed by atoms with Gasteiger partial charge in [0.25, 0.3) is 0 Å². The Morgan fingerprint density at radius 3 is 2.78 bits per heavy atom. The third kappa shape index (κ3) is 2.70. The topological polar surface area (TPSA) is 71.8 Å². The lowest BCUT2D eigenvalue weighted by Gasteiger charge is -2.07. The normalized spacial score (nSPS) is 11.8. The molecule has 0 aliphatic carbocycles. The van der Waals surface area contributed by atoms with Gasteiger partial charge in [0.15, 0.2) is 5.84 Å². The molecule has 0 saturated heterocycles. The Morgan fingerprint density at radius 2 is 2.17 bits per heavy atom. The highest BCUT2D eigenvalue weighted by atomic mass is 79.9. The molecule has 0 atom stereocenters. The molecule has 2 rings (SSSR count). The van der Waals surface area contributed by atoms with Crippen LogP contribution in [0.1, 0.15) is 11.3 Å². The van der Waals surface area contributed by atoms with Crippen LogP contribution in [-0.2, 0) is 0 Å². The van der Waals surface area contributed by atoms with Crippen molar-refractivity contribution < 1.29 is 9.62 Å². The average Bonchev–Trinajstić information content (AvgIpc) is 2.76. The second-order valence-electron chi connectivity index (χ2n) is 3.57. The highest BCUT2D eigenvalue weighted by Crippen LogP contribution is 2.34. The molecule has 0 amide bonds. The summed E-state index contributed by atoms with van der Waals surface area (Å²) < 4.78 is 6.12. The van der Waals surface area contributed by atoms with E-state index < -0.39 is 0 Å². The van der Waals surface area contributed by atoms with Gasteiger partial charge in [-0.2, -0.15) is 0 Å². The average molecular weight is 327 g/mol. The summed E-state index contributed by atoms with van der Waals surface area (Å²) >= 11 is 4.88. The minimum atomic E-state index is 0.0833. The minimum Gasteiger partial charge on any atom is -0.468 e. The van der Waals surface area contributed by atoms with Gasteiger partial charge in [0.05, 0.1) is 11.2 Å². The van der Waals surface area contributed by atoms with Crippen molar-refractivity contribution in [2.24, 2.45) is 10.9 Å². The summed E-state index contributed by atoms with van der Waals surface area (Å²) in [6, 6.07) is 7.52. The molecule has 0 radical (unpaired) electrons. The van der Waals surface area contributed by atoms with Crippen molar-refractivity contribution >= 4 is 33.5 Å². The Labute approximate surface area is 117 Å². The fourth-order valence-corrected chi connectivity index (χ4v) is 2.77. The van der Waals surface area contributed by atoms with Crippen LogP contribution in [0.15, 0.2) is 54.4 Å². The number of hydrogen-bond acceptors (Lipinski definition) is 4. The molecule has 1 heterocycles. The molecule has 0 bridgehead atoms. The van der Waals surface area contributed by atoms with Gasteiger partial charge in [-0.15, -0.1) is 0 Å². The molecule has 0 unspecified atom stereocenters. The Balaban J connectivity index is 2.42. The molecule has 0 fully saturated rings. The maximum atomic E-state index is 8.80. The lowest BCUT2D eigenvalue weighted by atomic mass is 10.2. The van der Waals surface area contributed by atoms with Crippen LogP contribution in [0.3, 0.4) is 0 Å². The van der Waals surface area contributed by atoms with Crippen molar-refractivity contribution in [3.63, 3.8) is 0 Å². The second-order valence-corrected chi connectivity index (χ2v) is 5.57. The van der Waals surface area contributed by atoms with Crippen LogP contribution < -0.4 is 5.73 Å². The molecule has 0 spiro atoms. The van der Waals surface area contributed by atoms with Gasteiger partial charge in [0.1, 0.15) is 5.76 Å². The Hall–Kier alpha value is -1.40. The predicted octanol–water partition coefficient (Wildman–Crippen LogP) is 3.60. The zero-order chi connectivity index (χ0) is 13.1. The largest absolute Gasteiger partial charge is 0.468 e. The third-order valence-corrected chi connectivity index (χ3v) is 4.07. The minimum absolute atomic E-state index is 0.0833. The van der Waals surface area contributed by atoms with Crippen molar-refractivity contribution in [2.75, 3.05) is 0 Å². The van der Waals surface area contributed by atoms with Gasteiger partial charge in [0.2, 0.25) is 0 Å². The lowest BCUT2D eigenvalue weighted by molar-refractivity contribution is 0.318. The van der Waals surface area contributed by atoms with Gasteiger partial charge >= 0.3 is 0 Å². The number of furan rings is 1. The molecular formula is C12H11BrN2O2S. The number of oxime groups is 1. The van der Waals surface area contributed by atoms with E-state index in [0.29, 0.717) is 5.56 Å². The fraction of sp³-hybridized carbons (Fsp3) is 0.0833. The number of rotatable bonds is 3. The molecule has 0 aliphatic rings. The number of nitrogens with zero attached hydrogens (tertiary/aromatic N) is 1. The quantitative estimate of drug-likeness (QED) is 0.391. The van der Waals surface area contributed by atoms with Crippen LogP contribution in [-0.4, -0.2) is 11.0 Å². The first kappa shape index (κ1) is 13.0. The summed E-state index contributed by atoms with van der Waals surface area (Å²) in [5, 5.41) is 11.9. The fourth-order valence-electron chi connectivity index (χ4n) is 1.44. The maximum absolute atomic E-state index is 8.80. The van der Waals surface area contributed by atoms with Crippen molar-refractivity contribution in [1.82, 2.24) is 0 Å². The zero-order valence-corrected chi connectivity index (χ0v) is 12.0. The summed E-state index contributed by atoms with van der Waals surface area (Å²) in [6.45, 7) is 1.89. The first-order valence-corrected chi connectivity index (χ1v) is 6.72. The van der Waals surface area contributed by atoms with E-state index in [0.717, 1.165) is 20.0 Å². The smallest absolute Gasteiger partial charge is 0.171 e. The third-order valence-electron chi connectivity index (χ3n) is 2.36. The standard InChI is InChI=1S/C12H11BrN2O2S/c1-7-10(4-5-17-7)18-11-3-2-8(13)6-9(11)12(14)15-16/h2-6,16H,1H3,(H2,14,15). The van der Waals surface area contributed by atoms with Crippen LogP contribution in [0.4, 0.5) is 0 Å². The molecule has 2 aromatic rings. The van der Waals surface area contributed by atoms with Gasteiger partial charge in [-0.25, -0.2) is 0 Å². The van der Waals surface area contributed by atoms with Gasteiger partial charge in [-0.3, -0.25) is 0 Å². The monoisotopic (exact) mass is 326 g/mol. The first-order chi connectivity index (χ1) is 8.61. The van der Waals surface area contributed by atoms with Crippen molar-refractivity contribution in [2.45, 2.75) is 16.7 Å². The van der Waals surface area contributed by atoms with Crippen LogP contribution in [0, 0.1) is 6.92 Å². The van der Waals surface area contributed by atoms with Gasteiger partial charge in [-0.05, 0) is 31.2 Å². The molecule has 0 aliphatic heterocycles. The lowest BCUT2D eigenvalue weighted by Crippen LogP contribution is -2.14. The van der Waals surface area contributed by atoms with Gasteiger partial charge in [0, 0.05) is 14.9 Å². The van der Waals surface area contributed by atoms with Crippen LogP contribution >= 0.6 is 27.7 Å². The first-order valence-electron chi connectivity index (χ1n) is 5.11.